The molecule has 0 aliphatic heterocycles. The van der Waals surface area contributed by atoms with Crippen molar-refractivity contribution in [1.82, 2.24) is 4.57 Å². The maximum absolute atomic E-state index is 12.0. The highest BCUT2D eigenvalue weighted by atomic mass is 16.6. The Morgan fingerprint density at radius 1 is 1.25 bits per heavy atom. The van der Waals surface area contributed by atoms with Crippen LogP contribution in [-0.2, 0) is 6.54 Å². The van der Waals surface area contributed by atoms with Crippen molar-refractivity contribution in [2.45, 2.75) is 13.5 Å². The van der Waals surface area contributed by atoms with Crippen molar-refractivity contribution in [3.8, 4) is 6.07 Å². The van der Waals surface area contributed by atoms with Gasteiger partial charge in [0.05, 0.1) is 23.1 Å². The molecule has 0 bridgehead atoms. The number of hydrogen-bond acceptors (Lipinski definition) is 4. The highest BCUT2D eigenvalue weighted by Crippen LogP contribution is 2.09. The van der Waals surface area contributed by atoms with E-state index in [2.05, 4.69) is 0 Å². The fraction of sp³-hybridized carbons (Fsp3) is 0.143. The summed E-state index contributed by atoms with van der Waals surface area (Å²) in [4.78, 5) is 22.1. The molecule has 0 N–H and O–H groups in total. The summed E-state index contributed by atoms with van der Waals surface area (Å²) in [5.41, 5.74) is 0.903. The van der Waals surface area contributed by atoms with Crippen molar-refractivity contribution < 1.29 is 4.92 Å². The number of benzene rings is 1. The van der Waals surface area contributed by atoms with Crippen LogP contribution < -0.4 is 5.56 Å². The van der Waals surface area contributed by atoms with E-state index in [0.717, 1.165) is 5.56 Å². The van der Waals surface area contributed by atoms with Crippen LogP contribution in [0.1, 0.15) is 16.8 Å². The fourth-order valence-corrected chi connectivity index (χ4v) is 1.86. The van der Waals surface area contributed by atoms with Gasteiger partial charge in [0.1, 0.15) is 0 Å². The van der Waals surface area contributed by atoms with Crippen LogP contribution in [0.15, 0.2) is 41.2 Å². The normalized spacial score (nSPS) is 10.0. The van der Waals surface area contributed by atoms with Crippen LogP contribution in [0, 0.1) is 28.4 Å². The Hall–Kier alpha value is -2.94. The Morgan fingerprint density at radius 2 is 1.90 bits per heavy atom. The number of nitro groups is 1. The lowest BCUT2D eigenvalue weighted by atomic mass is 10.1. The first kappa shape index (κ1) is 13.5. The van der Waals surface area contributed by atoms with Crippen LogP contribution in [0.25, 0.3) is 0 Å². The molecule has 0 saturated carbocycles. The summed E-state index contributed by atoms with van der Waals surface area (Å²) in [6.07, 6.45) is 0. The average molecular weight is 269 g/mol. The van der Waals surface area contributed by atoms with Crippen molar-refractivity contribution in [3.63, 3.8) is 0 Å². The third-order valence-corrected chi connectivity index (χ3v) is 2.99. The number of hydrogen-bond donors (Lipinski definition) is 0. The first-order valence-electron chi connectivity index (χ1n) is 5.87. The average Bonchev–Trinajstić information content (AvgIpc) is 2.43. The maximum atomic E-state index is 12.0. The summed E-state index contributed by atoms with van der Waals surface area (Å²) in [7, 11) is 0. The zero-order valence-electron chi connectivity index (χ0n) is 10.7. The van der Waals surface area contributed by atoms with Gasteiger partial charge in [0.2, 0.25) is 0 Å². The second-order valence-electron chi connectivity index (χ2n) is 4.32. The molecular formula is C14H11N3O3. The minimum atomic E-state index is -0.683. The number of aromatic nitrogens is 1. The van der Waals surface area contributed by atoms with Gasteiger partial charge in [-0.05, 0) is 30.7 Å². The quantitative estimate of drug-likeness (QED) is 0.629. The van der Waals surface area contributed by atoms with Crippen molar-refractivity contribution in [3.05, 3.63) is 73.7 Å². The number of rotatable bonds is 3. The van der Waals surface area contributed by atoms with Gasteiger partial charge in [0.25, 0.3) is 0 Å². The Labute approximate surface area is 114 Å². The second-order valence-corrected chi connectivity index (χ2v) is 4.32. The summed E-state index contributed by atoms with van der Waals surface area (Å²) >= 11 is 0. The summed E-state index contributed by atoms with van der Waals surface area (Å²) in [6, 6.07) is 11.5. The SMILES string of the molecule is Cc1ccc([N+](=O)[O-])c(=O)n1Cc1ccc(C#N)cc1. The first-order chi connectivity index (χ1) is 9.52. The molecule has 0 atom stereocenters. The van der Waals surface area contributed by atoms with Crippen molar-refractivity contribution in [1.29, 1.82) is 5.26 Å². The molecule has 1 aromatic heterocycles. The third-order valence-electron chi connectivity index (χ3n) is 2.99. The molecule has 1 aromatic carbocycles. The highest BCUT2D eigenvalue weighted by Gasteiger charge is 2.15. The summed E-state index contributed by atoms with van der Waals surface area (Å²) in [5.74, 6) is 0. The zero-order valence-corrected chi connectivity index (χ0v) is 10.7. The van der Waals surface area contributed by atoms with Crippen molar-refractivity contribution in [2.75, 3.05) is 0 Å². The van der Waals surface area contributed by atoms with E-state index in [-0.39, 0.29) is 6.54 Å². The molecule has 0 saturated heterocycles. The zero-order chi connectivity index (χ0) is 14.7. The van der Waals surface area contributed by atoms with Gasteiger partial charge >= 0.3 is 11.2 Å². The molecule has 0 spiro atoms. The standard InChI is InChI=1S/C14H11N3O3/c1-10-2-7-13(17(19)20)14(18)16(10)9-12-5-3-11(8-15)4-6-12/h2-7H,9H2,1H3. The Bertz CT molecular complexity index is 755. The third kappa shape index (κ3) is 2.57. The van der Waals surface area contributed by atoms with Gasteiger partial charge in [-0.2, -0.15) is 5.26 Å². The Balaban J connectivity index is 2.42. The number of aryl methyl sites for hydroxylation is 1. The van der Waals surface area contributed by atoms with Gasteiger partial charge in [0, 0.05) is 11.8 Å². The number of nitriles is 1. The minimum absolute atomic E-state index is 0.234. The van der Waals surface area contributed by atoms with Crippen molar-refractivity contribution in [2.24, 2.45) is 0 Å². The van der Waals surface area contributed by atoms with Crippen LogP contribution in [0.4, 0.5) is 5.69 Å². The molecule has 6 heteroatoms. The lowest BCUT2D eigenvalue weighted by Crippen LogP contribution is -2.24. The van der Waals surface area contributed by atoms with Crippen LogP contribution in [0.3, 0.4) is 0 Å². The van der Waals surface area contributed by atoms with Gasteiger partial charge in [-0.25, -0.2) is 0 Å². The van der Waals surface area contributed by atoms with Gasteiger partial charge in [0.15, 0.2) is 0 Å². The molecule has 0 unspecified atom stereocenters. The monoisotopic (exact) mass is 269 g/mol. The van der Waals surface area contributed by atoms with Crippen LogP contribution in [-0.4, -0.2) is 9.49 Å². The molecule has 0 aliphatic carbocycles. The number of nitrogens with zero attached hydrogens (tertiary/aromatic N) is 3. The van der Waals surface area contributed by atoms with E-state index >= 15 is 0 Å². The second kappa shape index (κ2) is 5.36. The van der Waals surface area contributed by atoms with Crippen molar-refractivity contribution >= 4 is 5.69 Å². The van der Waals surface area contributed by atoms with E-state index in [1.54, 1.807) is 37.3 Å². The van der Waals surface area contributed by atoms with E-state index in [0.29, 0.717) is 11.3 Å². The molecule has 0 fully saturated rings. The highest BCUT2D eigenvalue weighted by molar-refractivity contribution is 5.33. The molecule has 0 aliphatic rings. The van der Waals surface area contributed by atoms with E-state index in [9.17, 15) is 14.9 Å². The minimum Gasteiger partial charge on any atom is -0.303 e. The molecule has 6 nitrogen and oxygen atoms in total. The van der Waals surface area contributed by atoms with Gasteiger partial charge in [-0.1, -0.05) is 12.1 Å². The predicted octanol–water partition coefficient (Wildman–Crippen LogP) is 1.98. The number of pyridine rings is 1. The van der Waals surface area contributed by atoms with Crippen LogP contribution in [0.2, 0.25) is 0 Å². The molecule has 20 heavy (non-hydrogen) atoms. The maximum Gasteiger partial charge on any atom is 0.334 e. The van der Waals surface area contributed by atoms with Crippen LogP contribution >= 0.6 is 0 Å². The lowest BCUT2D eigenvalue weighted by molar-refractivity contribution is -0.386. The molecule has 0 amide bonds. The van der Waals surface area contributed by atoms with E-state index in [1.807, 2.05) is 6.07 Å². The molecule has 2 rings (SSSR count). The largest absolute Gasteiger partial charge is 0.334 e. The summed E-state index contributed by atoms with van der Waals surface area (Å²) in [6.45, 7) is 1.95. The molecule has 100 valence electrons. The van der Waals surface area contributed by atoms with Gasteiger partial charge in [-0.3, -0.25) is 14.9 Å². The predicted molar refractivity (Wildman–Crippen MR) is 72.4 cm³/mol. The lowest BCUT2D eigenvalue weighted by Gasteiger charge is -2.09. The Kier molecular flexibility index (Phi) is 3.62. The fourth-order valence-electron chi connectivity index (χ4n) is 1.86. The Morgan fingerprint density at radius 3 is 2.45 bits per heavy atom. The van der Waals surface area contributed by atoms with Crippen LogP contribution in [0.5, 0.6) is 0 Å². The summed E-state index contributed by atoms with van der Waals surface area (Å²) < 4.78 is 1.35. The van der Waals surface area contributed by atoms with E-state index in [1.165, 1.54) is 10.6 Å². The molecule has 0 radical (unpaired) electrons. The van der Waals surface area contributed by atoms with E-state index in [4.69, 9.17) is 5.26 Å². The topological polar surface area (TPSA) is 88.9 Å². The van der Waals surface area contributed by atoms with Gasteiger partial charge < -0.3 is 4.57 Å². The molecule has 1 heterocycles. The smallest absolute Gasteiger partial charge is 0.303 e. The molecule has 2 aromatic rings. The molecular weight excluding hydrogens is 258 g/mol. The first-order valence-corrected chi connectivity index (χ1v) is 5.87. The van der Waals surface area contributed by atoms with Gasteiger partial charge in [-0.15, -0.1) is 0 Å². The summed E-state index contributed by atoms with van der Waals surface area (Å²) in [5, 5.41) is 19.5. The van der Waals surface area contributed by atoms with E-state index < -0.39 is 16.2 Å².